The van der Waals surface area contributed by atoms with Crippen LogP contribution in [-0.2, 0) is 12.8 Å². The Balaban J connectivity index is 1.79. The van der Waals surface area contributed by atoms with Crippen molar-refractivity contribution < 1.29 is 4.52 Å². The molecule has 4 heteroatoms. The lowest BCUT2D eigenvalue weighted by atomic mass is 9.84. The van der Waals surface area contributed by atoms with Crippen LogP contribution in [0.25, 0.3) is 0 Å². The summed E-state index contributed by atoms with van der Waals surface area (Å²) in [4.78, 5) is 4.57. The van der Waals surface area contributed by atoms with Crippen molar-refractivity contribution in [3.8, 4) is 0 Å². The molecular weight excluding hydrogens is 262 g/mol. The van der Waals surface area contributed by atoms with E-state index in [-0.39, 0.29) is 11.5 Å². The van der Waals surface area contributed by atoms with Crippen LogP contribution in [0, 0.1) is 5.41 Å². The summed E-state index contributed by atoms with van der Waals surface area (Å²) in [7, 11) is 0. The van der Waals surface area contributed by atoms with Crippen molar-refractivity contribution in [2.75, 3.05) is 0 Å². The second-order valence-corrected chi connectivity index (χ2v) is 7.04. The molecule has 0 saturated carbocycles. The largest absolute Gasteiger partial charge is 0.339 e. The average molecular weight is 285 g/mol. The van der Waals surface area contributed by atoms with Crippen LogP contribution in [-0.4, -0.2) is 10.1 Å². The van der Waals surface area contributed by atoms with Crippen LogP contribution in [0.3, 0.4) is 0 Å². The Morgan fingerprint density at radius 2 is 1.95 bits per heavy atom. The van der Waals surface area contributed by atoms with Gasteiger partial charge in [-0.2, -0.15) is 4.98 Å². The van der Waals surface area contributed by atoms with Gasteiger partial charge >= 0.3 is 0 Å². The van der Waals surface area contributed by atoms with Gasteiger partial charge in [0.2, 0.25) is 5.89 Å². The Hall–Kier alpha value is -1.68. The van der Waals surface area contributed by atoms with E-state index >= 15 is 0 Å². The van der Waals surface area contributed by atoms with E-state index in [1.54, 1.807) is 0 Å². The third-order valence-corrected chi connectivity index (χ3v) is 4.36. The van der Waals surface area contributed by atoms with E-state index in [0.717, 1.165) is 25.2 Å². The van der Waals surface area contributed by atoms with Gasteiger partial charge in [-0.1, -0.05) is 50.2 Å². The lowest BCUT2D eigenvalue weighted by Gasteiger charge is -2.24. The summed E-state index contributed by atoms with van der Waals surface area (Å²) in [6, 6.07) is 8.40. The quantitative estimate of drug-likeness (QED) is 0.918. The van der Waals surface area contributed by atoms with E-state index in [1.807, 2.05) is 0 Å². The number of nitrogens with two attached hydrogens (primary N) is 1. The topological polar surface area (TPSA) is 64.9 Å². The number of nitrogens with zero attached hydrogens (tertiary/aromatic N) is 2. The Kier molecular flexibility index (Phi) is 3.57. The SMILES string of the molecule is CC(C)(C)C(N)c1noc(C2CCc3ccccc3C2)n1. The van der Waals surface area contributed by atoms with E-state index in [1.165, 1.54) is 11.1 Å². The highest BCUT2D eigenvalue weighted by Gasteiger charge is 2.29. The fourth-order valence-corrected chi connectivity index (χ4v) is 2.84. The van der Waals surface area contributed by atoms with Gasteiger partial charge in [0.05, 0.1) is 6.04 Å². The number of benzene rings is 1. The van der Waals surface area contributed by atoms with Gasteiger partial charge in [-0.25, -0.2) is 0 Å². The predicted molar refractivity (Wildman–Crippen MR) is 81.9 cm³/mol. The number of rotatable bonds is 2. The first-order chi connectivity index (χ1) is 9.95. The zero-order chi connectivity index (χ0) is 15.0. The number of aryl methyl sites for hydroxylation is 1. The van der Waals surface area contributed by atoms with Crippen LogP contribution in [0.4, 0.5) is 0 Å². The molecule has 0 saturated heterocycles. The van der Waals surface area contributed by atoms with Crippen LogP contribution in [0.1, 0.15) is 62.0 Å². The van der Waals surface area contributed by atoms with E-state index < -0.39 is 0 Å². The Labute approximate surface area is 125 Å². The first-order valence-electron chi connectivity index (χ1n) is 7.61. The maximum Gasteiger partial charge on any atom is 0.230 e. The molecule has 112 valence electrons. The molecule has 0 fully saturated rings. The minimum Gasteiger partial charge on any atom is -0.339 e. The third-order valence-electron chi connectivity index (χ3n) is 4.36. The van der Waals surface area contributed by atoms with E-state index in [0.29, 0.717) is 11.7 Å². The van der Waals surface area contributed by atoms with Crippen LogP contribution >= 0.6 is 0 Å². The maximum absolute atomic E-state index is 6.21. The summed E-state index contributed by atoms with van der Waals surface area (Å²) in [5.74, 6) is 1.67. The number of fused-ring (bicyclic) bond motifs is 1. The summed E-state index contributed by atoms with van der Waals surface area (Å²) in [6.07, 6.45) is 3.11. The minimum absolute atomic E-state index is 0.0691. The molecule has 2 N–H and O–H groups in total. The minimum atomic E-state index is -0.203. The Morgan fingerprint density at radius 1 is 1.24 bits per heavy atom. The zero-order valence-electron chi connectivity index (χ0n) is 13.0. The first-order valence-corrected chi connectivity index (χ1v) is 7.61. The summed E-state index contributed by atoms with van der Waals surface area (Å²) in [5.41, 5.74) is 8.98. The van der Waals surface area contributed by atoms with Crippen molar-refractivity contribution in [1.29, 1.82) is 0 Å². The van der Waals surface area contributed by atoms with Crippen molar-refractivity contribution in [3.05, 3.63) is 47.1 Å². The van der Waals surface area contributed by atoms with Crippen LogP contribution in [0.2, 0.25) is 0 Å². The molecule has 0 radical (unpaired) electrons. The zero-order valence-corrected chi connectivity index (χ0v) is 13.0. The molecule has 4 nitrogen and oxygen atoms in total. The average Bonchev–Trinajstić information content (AvgIpc) is 2.94. The molecule has 1 aromatic heterocycles. The van der Waals surface area contributed by atoms with Gasteiger partial charge in [-0.05, 0) is 35.8 Å². The molecular formula is C17H23N3O. The lowest BCUT2D eigenvalue weighted by Crippen LogP contribution is -2.27. The Bertz CT molecular complexity index is 627. The maximum atomic E-state index is 6.21. The monoisotopic (exact) mass is 285 g/mol. The fourth-order valence-electron chi connectivity index (χ4n) is 2.84. The van der Waals surface area contributed by atoms with Crippen molar-refractivity contribution in [2.45, 2.75) is 52.0 Å². The lowest BCUT2D eigenvalue weighted by molar-refractivity contribution is 0.296. The molecule has 2 unspecified atom stereocenters. The van der Waals surface area contributed by atoms with E-state index in [2.05, 4.69) is 55.2 Å². The van der Waals surface area contributed by atoms with Gasteiger partial charge in [0.25, 0.3) is 0 Å². The number of hydrogen-bond donors (Lipinski definition) is 1. The molecule has 1 aliphatic rings. The van der Waals surface area contributed by atoms with Crippen LogP contribution in [0.15, 0.2) is 28.8 Å². The van der Waals surface area contributed by atoms with Crippen molar-refractivity contribution >= 4 is 0 Å². The molecule has 3 rings (SSSR count). The van der Waals surface area contributed by atoms with Gasteiger partial charge in [0.1, 0.15) is 0 Å². The molecule has 0 spiro atoms. The number of aromatic nitrogens is 2. The third kappa shape index (κ3) is 2.86. The molecule has 1 aliphatic carbocycles. The molecule has 0 aliphatic heterocycles. The van der Waals surface area contributed by atoms with E-state index in [4.69, 9.17) is 10.3 Å². The van der Waals surface area contributed by atoms with Crippen LogP contribution < -0.4 is 5.73 Å². The van der Waals surface area contributed by atoms with Crippen LogP contribution in [0.5, 0.6) is 0 Å². The molecule has 0 bridgehead atoms. The smallest absolute Gasteiger partial charge is 0.230 e. The molecule has 21 heavy (non-hydrogen) atoms. The van der Waals surface area contributed by atoms with Gasteiger partial charge in [-0.3, -0.25) is 0 Å². The highest BCUT2D eigenvalue weighted by atomic mass is 16.5. The summed E-state index contributed by atoms with van der Waals surface area (Å²) in [6.45, 7) is 6.26. The highest BCUT2D eigenvalue weighted by Crippen LogP contribution is 2.34. The Morgan fingerprint density at radius 3 is 2.67 bits per heavy atom. The molecule has 0 amide bonds. The summed E-state index contributed by atoms with van der Waals surface area (Å²) < 4.78 is 5.49. The molecule has 1 heterocycles. The second-order valence-electron chi connectivity index (χ2n) is 7.04. The van der Waals surface area contributed by atoms with Gasteiger partial charge < -0.3 is 10.3 Å². The van der Waals surface area contributed by atoms with Crippen molar-refractivity contribution in [2.24, 2.45) is 11.1 Å². The standard InChI is InChI=1S/C17H23N3O/c1-17(2,3)14(18)15-19-16(21-20-15)13-9-8-11-6-4-5-7-12(11)10-13/h4-7,13-14H,8-10,18H2,1-3H3. The fraction of sp³-hybridized carbons (Fsp3) is 0.529. The number of hydrogen-bond acceptors (Lipinski definition) is 4. The highest BCUT2D eigenvalue weighted by molar-refractivity contribution is 5.31. The predicted octanol–water partition coefficient (Wildman–Crippen LogP) is 3.39. The molecule has 2 atom stereocenters. The normalized spacial score (nSPS) is 20.1. The van der Waals surface area contributed by atoms with Crippen molar-refractivity contribution in [3.63, 3.8) is 0 Å². The van der Waals surface area contributed by atoms with Gasteiger partial charge in [0.15, 0.2) is 5.82 Å². The molecule has 2 aromatic rings. The summed E-state index contributed by atoms with van der Waals surface area (Å²) >= 11 is 0. The summed E-state index contributed by atoms with van der Waals surface area (Å²) in [5, 5.41) is 4.10. The van der Waals surface area contributed by atoms with E-state index in [9.17, 15) is 0 Å². The van der Waals surface area contributed by atoms with Gasteiger partial charge in [0, 0.05) is 5.92 Å². The second kappa shape index (κ2) is 5.26. The first kappa shape index (κ1) is 14.3. The molecule has 1 aromatic carbocycles. The van der Waals surface area contributed by atoms with Gasteiger partial charge in [-0.15, -0.1) is 0 Å². The van der Waals surface area contributed by atoms with Crippen molar-refractivity contribution in [1.82, 2.24) is 10.1 Å².